The molecule has 0 heterocycles. The lowest BCUT2D eigenvalue weighted by Crippen LogP contribution is -2.51. The minimum atomic E-state index is -4.15. The molecular weight excluding hydrogens is 203 g/mol. The van der Waals surface area contributed by atoms with Crippen LogP contribution in [0.4, 0.5) is 13.2 Å². The molecule has 0 fully saturated rings. The summed E-state index contributed by atoms with van der Waals surface area (Å²) in [4.78, 5) is 1.44. The van der Waals surface area contributed by atoms with Gasteiger partial charge in [0, 0.05) is 6.04 Å². The second-order valence-corrected chi connectivity index (χ2v) is 4.88. The zero-order valence-electron chi connectivity index (χ0n) is 10.4. The summed E-state index contributed by atoms with van der Waals surface area (Å²) >= 11 is 0. The lowest BCUT2D eigenvalue weighted by Gasteiger charge is -2.38. The van der Waals surface area contributed by atoms with E-state index >= 15 is 0 Å². The molecule has 0 N–H and O–H groups in total. The van der Waals surface area contributed by atoms with Crippen LogP contribution in [0.1, 0.15) is 34.6 Å². The van der Waals surface area contributed by atoms with Crippen molar-refractivity contribution in [3.63, 3.8) is 0 Å². The van der Waals surface area contributed by atoms with Gasteiger partial charge < -0.3 is 0 Å². The molecule has 0 rings (SSSR count). The maximum atomic E-state index is 12.8. The van der Waals surface area contributed by atoms with Gasteiger partial charge in [0.2, 0.25) is 0 Å². The Kier molecular flexibility index (Phi) is 5.10. The van der Waals surface area contributed by atoms with E-state index in [9.17, 15) is 13.2 Å². The molecule has 92 valence electrons. The molecule has 0 aromatic carbocycles. The number of hydrogen-bond donors (Lipinski definition) is 0. The molecule has 1 nitrogen and oxygen atoms in total. The molecule has 15 heavy (non-hydrogen) atoms. The minimum Gasteiger partial charge on any atom is -0.292 e. The normalized spacial score (nSPS) is 17.6. The zero-order chi connectivity index (χ0) is 12.4. The molecule has 0 aromatic rings. The van der Waals surface area contributed by atoms with Gasteiger partial charge in [-0.1, -0.05) is 27.7 Å². The Balaban J connectivity index is 4.79. The first-order chi connectivity index (χ1) is 6.59. The molecule has 0 bridgehead atoms. The van der Waals surface area contributed by atoms with Crippen LogP contribution in [0.3, 0.4) is 0 Å². The Morgan fingerprint density at radius 2 is 1.27 bits per heavy atom. The maximum Gasteiger partial charge on any atom is 0.404 e. The van der Waals surface area contributed by atoms with Gasteiger partial charge in [-0.05, 0) is 25.8 Å². The van der Waals surface area contributed by atoms with Gasteiger partial charge in [0.1, 0.15) is 6.04 Å². The lowest BCUT2D eigenvalue weighted by molar-refractivity contribution is -0.198. The van der Waals surface area contributed by atoms with Crippen LogP contribution < -0.4 is 0 Å². The molecule has 4 heteroatoms. The van der Waals surface area contributed by atoms with Crippen LogP contribution in [0.15, 0.2) is 0 Å². The molecule has 0 aromatic heterocycles. The summed E-state index contributed by atoms with van der Waals surface area (Å²) in [6.45, 7) is 8.94. The predicted octanol–water partition coefficient (Wildman–Crippen LogP) is 3.55. The highest BCUT2D eigenvalue weighted by Crippen LogP contribution is 2.31. The van der Waals surface area contributed by atoms with Gasteiger partial charge in [-0.3, -0.25) is 4.90 Å². The maximum absolute atomic E-state index is 12.8. The first kappa shape index (κ1) is 14.8. The summed E-state index contributed by atoms with van der Waals surface area (Å²) in [6, 6.07) is -1.42. The molecule has 0 amide bonds. The Labute approximate surface area is 90.6 Å². The molecule has 0 saturated heterocycles. The summed E-state index contributed by atoms with van der Waals surface area (Å²) in [5.74, 6) is -0.199. The first-order valence-corrected chi connectivity index (χ1v) is 5.37. The number of alkyl halides is 3. The van der Waals surface area contributed by atoms with Crippen LogP contribution in [0.5, 0.6) is 0 Å². The van der Waals surface area contributed by atoms with Gasteiger partial charge in [-0.15, -0.1) is 0 Å². The van der Waals surface area contributed by atoms with E-state index in [-0.39, 0.29) is 12.0 Å². The highest BCUT2D eigenvalue weighted by atomic mass is 19.4. The molecule has 0 saturated carbocycles. The van der Waals surface area contributed by atoms with E-state index in [1.54, 1.807) is 20.9 Å². The molecule has 0 unspecified atom stereocenters. The Morgan fingerprint density at radius 1 is 0.867 bits per heavy atom. The van der Waals surface area contributed by atoms with E-state index < -0.39 is 18.1 Å². The van der Waals surface area contributed by atoms with Gasteiger partial charge in [0.25, 0.3) is 0 Å². The highest BCUT2D eigenvalue weighted by molar-refractivity contribution is 4.83. The fourth-order valence-corrected chi connectivity index (χ4v) is 1.80. The van der Waals surface area contributed by atoms with Crippen molar-refractivity contribution in [1.29, 1.82) is 0 Å². The molecule has 0 radical (unpaired) electrons. The van der Waals surface area contributed by atoms with Gasteiger partial charge in [0.15, 0.2) is 0 Å². The summed E-state index contributed by atoms with van der Waals surface area (Å²) in [5.41, 5.74) is 0. The predicted molar refractivity (Wildman–Crippen MR) is 56.7 cm³/mol. The van der Waals surface area contributed by atoms with E-state index in [1.165, 1.54) is 4.90 Å². The van der Waals surface area contributed by atoms with Crippen molar-refractivity contribution < 1.29 is 13.2 Å². The molecule has 0 aliphatic rings. The number of rotatable bonds is 4. The quantitative estimate of drug-likeness (QED) is 0.707. The van der Waals surface area contributed by atoms with Crippen molar-refractivity contribution in [3.8, 4) is 0 Å². The third-order valence-electron chi connectivity index (χ3n) is 3.01. The number of nitrogens with zero attached hydrogens (tertiary/aromatic N) is 1. The van der Waals surface area contributed by atoms with E-state index in [2.05, 4.69) is 0 Å². The van der Waals surface area contributed by atoms with Crippen LogP contribution in [0, 0.1) is 11.8 Å². The standard InChI is InChI=1S/C11H22F3N/c1-7(2)9(5)15(6)10(8(3)4)11(12,13)14/h7-10H,1-6H3/t9-,10-/m1/s1. The van der Waals surface area contributed by atoms with Gasteiger partial charge in [-0.2, -0.15) is 13.2 Å². The van der Waals surface area contributed by atoms with Crippen molar-refractivity contribution in [2.24, 2.45) is 11.8 Å². The van der Waals surface area contributed by atoms with Crippen molar-refractivity contribution in [2.45, 2.75) is 52.9 Å². The third-order valence-corrected chi connectivity index (χ3v) is 3.01. The Bertz CT molecular complexity index is 187. The molecular formula is C11H22F3N. The van der Waals surface area contributed by atoms with Crippen LogP contribution in [-0.2, 0) is 0 Å². The van der Waals surface area contributed by atoms with Crippen molar-refractivity contribution in [2.75, 3.05) is 7.05 Å². The summed E-state index contributed by atoms with van der Waals surface area (Å²) in [6.07, 6.45) is -4.15. The fraction of sp³-hybridized carbons (Fsp3) is 1.00. The third kappa shape index (κ3) is 4.01. The van der Waals surface area contributed by atoms with E-state index in [1.807, 2.05) is 20.8 Å². The lowest BCUT2D eigenvalue weighted by atomic mass is 9.97. The smallest absolute Gasteiger partial charge is 0.292 e. The summed E-state index contributed by atoms with van der Waals surface area (Å²) in [5, 5.41) is 0. The van der Waals surface area contributed by atoms with Crippen molar-refractivity contribution >= 4 is 0 Å². The molecule has 0 spiro atoms. The SMILES string of the molecule is CC(C)[C@@H](C)N(C)[C@H](C(C)C)C(F)(F)F. The number of halogens is 3. The fourth-order valence-electron chi connectivity index (χ4n) is 1.80. The monoisotopic (exact) mass is 225 g/mol. The van der Waals surface area contributed by atoms with Crippen LogP contribution >= 0.6 is 0 Å². The number of hydrogen-bond acceptors (Lipinski definition) is 1. The van der Waals surface area contributed by atoms with Crippen LogP contribution in [-0.4, -0.2) is 30.2 Å². The molecule has 0 aliphatic carbocycles. The first-order valence-electron chi connectivity index (χ1n) is 5.37. The van der Waals surface area contributed by atoms with Gasteiger partial charge >= 0.3 is 6.18 Å². The largest absolute Gasteiger partial charge is 0.404 e. The average molecular weight is 225 g/mol. The Hall–Kier alpha value is -0.250. The second-order valence-electron chi connectivity index (χ2n) is 4.88. The summed E-state index contributed by atoms with van der Waals surface area (Å²) in [7, 11) is 1.56. The molecule has 0 aliphatic heterocycles. The zero-order valence-corrected chi connectivity index (χ0v) is 10.4. The minimum absolute atomic E-state index is 0.0703. The Morgan fingerprint density at radius 3 is 1.47 bits per heavy atom. The average Bonchev–Trinajstić information content (AvgIpc) is 1.98. The van der Waals surface area contributed by atoms with E-state index in [0.29, 0.717) is 0 Å². The summed E-state index contributed by atoms with van der Waals surface area (Å²) < 4.78 is 38.4. The topological polar surface area (TPSA) is 3.24 Å². The van der Waals surface area contributed by atoms with Crippen molar-refractivity contribution in [1.82, 2.24) is 4.90 Å². The van der Waals surface area contributed by atoms with Gasteiger partial charge in [-0.25, -0.2) is 0 Å². The van der Waals surface area contributed by atoms with E-state index in [0.717, 1.165) is 0 Å². The van der Waals surface area contributed by atoms with Crippen LogP contribution in [0.2, 0.25) is 0 Å². The van der Waals surface area contributed by atoms with E-state index in [4.69, 9.17) is 0 Å². The van der Waals surface area contributed by atoms with Gasteiger partial charge in [0.05, 0.1) is 0 Å². The van der Waals surface area contributed by atoms with Crippen molar-refractivity contribution in [3.05, 3.63) is 0 Å². The molecule has 2 atom stereocenters. The highest BCUT2D eigenvalue weighted by Gasteiger charge is 2.45. The van der Waals surface area contributed by atoms with Crippen LogP contribution in [0.25, 0.3) is 0 Å². The second kappa shape index (κ2) is 5.19.